The van der Waals surface area contributed by atoms with Crippen molar-refractivity contribution >= 4 is 16.6 Å². The fourth-order valence-electron chi connectivity index (χ4n) is 1.81. The van der Waals surface area contributed by atoms with Gasteiger partial charge < -0.3 is 10.3 Å². The van der Waals surface area contributed by atoms with Crippen LogP contribution in [0.25, 0.3) is 16.6 Å². The van der Waals surface area contributed by atoms with Crippen LogP contribution in [0.2, 0.25) is 0 Å². The van der Waals surface area contributed by atoms with Crippen molar-refractivity contribution in [3.05, 3.63) is 36.2 Å². The number of nitrogens with one attached hydrogen (secondary N) is 2. The van der Waals surface area contributed by atoms with E-state index in [1.165, 1.54) is 16.7 Å². The van der Waals surface area contributed by atoms with Crippen molar-refractivity contribution in [1.29, 1.82) is 0 Å². The van der Waals surface area contributed by atoms with Crippen molar-refractivity contribution < 1.29 is 0 Å². The van der Waals surface area contributed by atoms with Gasteiger partial charge >= 0.3 is 0 Å². The van der Waals surface area contributed by atoms with E-state index in [9.17, 15) is 0 Å². The lowest BCUT2D eigenvalue weighted by Gasteiger charge is -1.95. The van der Waals surface area contributed by atoms with E-state index in [-0.39, 0.29) is 0 Å². The maximum atomic E-state index is 4.27. The van der Waals surface area contributed by atoms with Crippen LogP contribution in [-0.2, 0) is 0 Å². The lowest BCUT2D eigenvalue weighted by atomic mass is 10.2. The molecule has 3 nitrogen and oxygen atoms in total. The van der Waals surface area contributed by atoms with E-state index in [1.54, 1.807) is 0 Å². The maximum absolute atomic E-state index is 4.27. The molecule has 2 aromatic heterocycles. The molecule has 0 atom stereocenters. The lowest BCUT2D eigenvalue weighted by Crippen LogP contribution is -2.07. The SMILES string of the molecule is C1=C(c2cc3cccnc3[nH]2)CNC1. The largest absolute Gasteiger partial charge is 0.339 e. The summed E-state index contributed by atoms with van der Waals surface area (Å²) in [5.74, 6) is 0. The highest BCUT2D eigenvalue weighted by molar-refractivity contribution is 5.82. The average Bonchev–Trinajstić information content (AvgIpc) is 2.86. The summed E-state index contributed by atoms with van der Waals surface area (Å²) in [5.41, 5.74) is 3.49. The van der Waals surface area contributed by atoms with E-state index in [4.69, 9.17) is 0 Å². The van der Waals surface area contributed by atoms with E-state index >= 15 is 0 Å². The summed E-state index contributed by atoms with van der Waals surface area (Å²) < 4.78 is 0. The van der Waals surface area contributed by atoms with Gasteiger partial charge in [-0.2, -0.15) is 0 Å². The molecule has 0 bridgehead atoms. The molecule has 2 N–H and O–H groups in total. The second kappa shape index (κ2) is 2.96. The summed E-state index contributed by atoms with van der Waals surface area (Å²) in [7, 11) is 0. The number of hydrogen-bond acceptors (Lipinski definition) is 2. The van der Waals surface area contributed by atoms with Crippen LogP contribution in [0.5, 0.6) is 0 Å². The van der Waals surface area contributed by atoms with Crippen LogP contribution in [0, 0.1) is 0 Å². The van der Waals surface area contributed by atoms with E-state index in [0.29, 0.717) is 0 Å². The Hall–Kier alpha value is -1.61. The minimum absolute atomic E-state index is 0.951. The highest BCUT2D eigenvalue weighted by Gasteiger charge is 2.09. The second-order valence-electron chi connectivity index (χ2n) is 3.48. The quantitative estimate of drug-likeness (QED) is 0.707. The van der Waals surface area contributed by atoms with Crippen LogP contribution >= 0.6 is 0 Å². The van der Waals surface area contributed by atoms with Crippen molar-refractivity contribution in [3.8, 4) is 0 Å². The minimum atomic E-state index is 0.951. The predicted octanol–water partition coefficient (Wildman–Crippen LogP) is 1.55. The van der Waals surface area contributed by atoms with Crippen LogP contribution in [0.15, 0.2) is 30.5 Å². The Morgan fingerprint density at radius 3 is 3.14 bits per heavy atom. The topological polar surface area (TPSA) is 40.7 Å². The van der Waals surface area contributed by atoms with Gasteiger partial charge in [0.1, 0.15) is 5.65 Å². The molecule has 0 aliphatic carbocycles. The van der Waals surface area contributed by atoms with E-state index < -0.39 is 0 Å². The molecule has 3 heterocycles. The molecule has 0 aromatic carbocycles. The summed E-state index contributed by atoms with van der Waals surface area (Å²) in [4.78, 5) is 7.59. The Morgan fingerprint density at radius 1 is 1.36 bits per heavy atom. The van der Waals surface area contributed by atoms with Gasteiger partial charge in [-0.05, 0) is 23.8 Å². The molecule has 0 unspecified atom stereocenters. The van der Waals surface area contributed by atoms with Gasteiger partial charge in [-0.1, -0.05) is 6.08 Å². The minimum Gasteiger partial charge on any atom is -0.339 e. The number of fused-ring (bicyclic) bond motifs is 1. The highest BCUT2D eigenvalue weighted by Crippen LogP contribution is 2.20. The first kappa shape index (κ1) is 7.76. The first-order chi connectivity index (χ1) is 6.93. The van der Waals surface area contributed by atoms with Crippen molar-refractivity contribution in [2.24, 2.45) is 0 Å². The summed E-state index contributed by atoms with van der Waals surface area (Å²) in [6.07, 6.45) is 4.02. The van der Waals surface area contributed by atoms with Gasteiger partial charge in [0.05, 0.1) is 0 Å². The molecular formula is C11H11N3. The summed E-state index contributed by atoms with van der Waals surface area (Å²) in [5, 5.41) is 4.46. The average molecular weight is 185 g/mol. The van der Waals surface area contributed by atoms with Gasteiger partial charge in [0.2, 0.25) is 0 Å². The second-order valence-corrected chi connectivity index (χ2v) is 3.48. The molecule has 1 aliphatic rings. The number of H-pyrrole nitrogens is 1. The molecule has 14 heavy (non-hydrogen) atoms. The monoisotopic (exact) mass is 185 g/mol. The third-order valence-electron chi connectivity index (χ3n) is 2.55. The lowest BCUT2D eigenvalue weighted by molar-refractivity contribution is 0.896. The normalized spacial score (nSPS) is 16.1. The third kappa shape index (κ3) is 1.14. The molecule has 70 valence electrons. The Kier molecular flexibility index (Phi) is 1.64. The Labute approximate surface area is 81.9 Å². The molecule has 0 saturated heterocycles. The van der Waals surface area contributed by atoms with Crippen molar-refractivity contribution in [1.82, 2.24) is 15.3 Å². The predicted molar refractivity (Wildman–Crippen MR) is 56.9 cm³/mol. The number of nitrogens with zero attached hydrogens (tertiary/aromatic N) is 1. The molecule has 3 rings (SSSR count). The van der Waals surface area contributed by atoms with Gasteiger partial charge in [-0.25, -0.2) is 4.98 Å². The van der Waals surface area contributed by atoms with Gasteiger partial charge in [-0.15, -0.1) is 0 Å². The summed E-state index contributed by atoms with van der Waals surface area (Å²) >= 11 is 0. The van der Waals surface area contributed by atoms with Gasteiger partial charge in [0.15, 0.2) is 0 Å². The van der Waals surface area contributed by atoms with Crippen molar-refractivity contribution in [3.63, 3.8) is 0 Å². The van der Waals surface area contributed by atoms with E-state index in [0.717, 1.165) is 18.7 Å². The molecule has 3 heteroatoms. The highest BCUT2D eigenvalue weighted by atomic mass is 14.9. The maximum Gasteiger partial charge on any atom is 0.137 e. The van der Waals surface area contributed by atoms with Crippen molar-refractivity contribution in [2.75, 3.05) is 13.1 Å². The van der Waals surface area contributed by atoms with Gasteiger partial charge in [-0.3, -0.25) is 0 Å². The number of hydrogen-bond donors (Lipinski definition) is 2. The van der Waals surface area contributed by atoms with Crippen LogP contribution in [-0.4, -0.2) is 23.1 Å². The third-order valence-corrected chi connectivity index (χ3v) is 2.55. The van der Waals surface area contributed by atoms with Crippen LogP contribution in [0.1, 0.15) is 5.69 Å². The Bertz CT molecular complexity index is 463. The number of aromatic amines is 1. The van der Waals surface area contributed by atoms with Crippen molar-refractivity contribution in [2.45, 2.75) is 0 Å². The Balaban J connectivity index is 2.14. The molecule has 0 radical (unpaired) electrons. The molecule has 0 spiro atoms. The zero-order valence-corrected chi connectivity index (χ0v) is 7.75. The summed E-state index contributed by atoms with van der Waals surface area (Å²) in [6.45, 7) is 1.92. The van der Waals surface area contributed by atoms with Crippen LogP contribution < -0.4 is 5.32 Å². The zero-order chi connectivity index (χ0) is 9.38. The Morgan fingerprint density at radius 2 is 2.36 bits per heavy atom. The molecular weight excluding hydrogens is 174 g/mol. The van der Waals surface area contributed by atoms with Gasteiger partial charge in [0.25, 0.3) is 0 Å². The summed E-state index contributed by atoms with van der Waals surface area (Å²) in [6, 6.07) is 6.19. The molecule has 0 amide bonds. The fraction of sp³-hybridized carbons (Fsp3) is 0.182. The number of rotatable bonds is 1. The van der Waals surface area contributed by atoms with E-state index in [1.807, 2.05) is 12.3 Å². The van der Waals surface area contributed by atoms with Gasteiger partial charge in [0, 0.05) is 30.4 Å². The standard InChI is InChI=1S/C11H11N3/c1-2-8-6-10(9-3-5-12-7-9)14-11(8)13-4-1/h1-4,6,12H,5,7H2,(H,13,14). The van der Waals surface area contributed by atoms with E-state index in [2.05, 4.69) is 33.5 Å². The number of aromatic nitrogens is 2. The first-order valence-electron chi connectivity index (χ1n) is 4.77. The molecule has 2 aromatic rings. The van der Waals surface area contributed by atoms with Crippen LogP contribution in [0.4, 0.5) is 0 Å². The number of pyridine rings is 1. The fourth-order valence-corrected chi connectivity index (χ4v) is 1.81. The molecule has 0 saturated carbocycles. The molecule has 1 aliphatic heterocycles. The zero-order valence-electron chi connectivity index (χ0n) is 7.75. The first-order valence-corrected chi connectivity index (χ1v) is 4.77. The van der Waals surface area contributed by atoms with Crippen LogP contribution in [0.3, 0.4) is 0 Å². The smallest absolute Gasteiger partial charge is 0.137 e. The molecule has 0 fully saturated rings.